The van der Waals surface area contributed by atoms with Crippen LogP contribution >= 0.6 is 0 Å². The molecule has 4 aromatic rings. The maximum Gasteiger partial charge on any atom is 0.263 e. The molecule has 0 radical (unpaired) electrons. The van der Waals surface area contributed by atoms with E-state index in [0.29, 0.717) is 40.3 Å². The number of aliphatic imine (C=N–C) groups is 1. The molecular weight excluding hydrogens is 552 g/mol. The molecule has 2 aromatic heterocycles. The molecule has 0 atom stereocenters. The van der Waals surface area contributed by atoms with Crippen molar-refractivity contribution in [2.75, 3.05) is 4.72 Å². The number of anilines is 1. The zero-order chi connectivity index (χ0) is 29.6. The molecule has 9 nitrogen and oxygen atoms in total. The topological polar surface area (TPSA) is 118 Å². The molecule has 1 spiro atoms. The molecule has 0 bridgehead atoms. The van der Waals surface area contributed by atoms with Gasteiger partial charge in [0.05, 0.1) is 11.4 Å². The number of nitrogens with one attached hydrogen (secondary N) is 1. The highest BCUT2D eigenvalue weighted by atomic mass is 32.2. The van der Waals surface area contributed by atoms with Crippen molar-refractivity contribution >= 4 is 38.6 Å². The minimum atomic E-state index is -4.01. The highest BCUT2D eigenvalue weighted by Crippen LogP contribution is 2.42. The van der Waals surface area contributed by atoms with Gasteiger partial charge in [0, 0.05) is 28.5 Å². The molecule has 1 N–H and O–H groups in total. The second-order valence-corrected chi connectivity index (χ2v) is 13.1. The van der Waals surface area contributed by atoms with E-state index >= 15 is 0 Å². The lowest BCUT2D eigenvalue weighted by Gasteiger charge is -2.23. The van der Waals surface area contributed by atoms with Crippen molar-refractivity contribution in [3.8, 4) is 11.1 Å². The molecule has 1 aliphatic heterocycles. The number of hydrogen-bond donors (Lipinski definition) is 1. The van der Waals surface area contributed by atoms with Gasteiger partial charge in [-0.2, -0.15) is 0 Å². The van der Waals surface area contributed by atoms with Crippen molar-refractivity contribution in [3.05, 3.63) is 65.1 Å². The Morgan fingerprint density at radius 1 is 1.05 bits per heavy atom. The third-order valence-electron chi connectivity index (χ3n) is 8.56. The average molecular weight is 589 g/mol. The van der Waals surface area contributed by atoms with Gasteiger partial charge in [-0.3, -0.25) is 19.4 Å². The molecule has 10 heteroatoms. The molecule has 2 aliphatic rings. The zero-order valence-electron chi connectivity index (χ0n) is 24.5. The quantitative estimate of drug-likeness (QED) is 0.224. The van der Waals surface area contributed by atoms with Gasteiger partial charge in [-0.25, -0.2) is 8.42 Å². The number of furan rings is 1. The largest absolute Gasteiger partial charge is 0.461 e. The fourth-order valence-electron chi connectivity index (χ4n) is 6.14. The molecule has 0 unspecified atom stereocenters. The van der Waals surface area contributed by atoms with E-state index in [4.69, 9.17) is 13.9 Å². The molecule has 220 valence electrons. The van der Waals surface area contributed by atoms with Crippen molar-refractivity contribution in [1.29, 1.82) is 0 Å². The summed E-state index contributed by atoms with van der Waals surface area (Å²) in [4.78, 5) is 20.8. The van der Waals surface area contributed by atoms with Crippen LogP contribution < -0.4 is 4.72 Å². The van der Waals surface area contributed by atoms with Crippen LogP contribution in [0.5, 0.6) is 0 Å². The molecule has 3 heterocycles. The summed E-state index contributed by atoms with van der Waals surface area (Å²) in [5.74, 6) is 2.38. The zero-order valence-corrected chi connectivity index (χ0v) is 25.3. The summed E-state index contributed by atoms with van der Waals surface area (Å²) in [6.07, 6.45) is 6.45. The van der Waals surface area contributed by atoms with E-state index < -0.39 is 15.6 Å². The maximum absolute atomic E-state index is 13.8. The molecule has 1 fully saturated rings. The van der Waals surface area contributed by atoms with Gasteiger partial charge in [0.1, 0.15) is 28.5 Å². The third kappa shape index (κ3) is 4.81. The smallest absolute Gasteiger partial charge is 0.263 e. The van der Waals surface area contributed by atoms with Crippen LogP contribution in [-0.2, 0) is 21.4 Å². The summed E-state index contributed by atoms with van der Waals surface area (Å²) in [7, 11) is -4.01. The molecule has 1 saturated carbocycles. The SMILES string of the molecule is CCCCC1=NC2(CCCC2)C(=O)N1Cc1ccc(-c2ccccc2S(=O)(=O)Nc2noc(C)c2C)c2oc(C)cc12. The second kappa shape index (κ2) is 10.7. The van der Waals surface area contributed by atoms with Crippen LogP contribution in [0.2, 0.25) is 0 Å². The number of nitrogens with zero attached hydrogens (tertiary/aromatic N) is 3. The summed E-state index contributed by atoms with van der Waals surface area (Å²) in [5.41, 5.74) is 2.69. The number of hydrogen-bond acceptors (Lipinski definition) is 7. The molecule has 2 aromatic carbocycles. The van der Waals surface area contributed by atoms with E-state index in [1.165, 1.54) is 0 Å². The lowest BCUT2D eigenvalue weighted by atomic mass is 9.97. The summed E-state index contributed by atoms with van der Waals surface area (Å²) >= 11 is 0. The summed E-state index contributed by atoms with van der Waals surface area (Å²) < 4.78 is 41.1. The number of rotatable bonds is 9. The first-order chi connectivity index (χ1) is 20.1. The fraction of sp³-hybridized carbons (Fsp3) is 0.406. The summed E-state index contributed by atoms with van der Waals surface area (Å²) in [6.45, 7) is 7.89. The first kappa shape index (κ1) is 28.2. The highest BCUT2D eigenvalue weighted by molar-refractivity contribution is 7.92. The number of unbranched alkanes of at least 4 members (excludes halogenated alkanes) is 1. The molecule has 42 heavy (non-hydrogen) atoms. The van der Waals surface area contributed by atoms with E-state index in [9.17, 15) is 13.2 Å². The van der Waals surface area contributed by atoms with Crippen molar-refractivity contribution in [3.63, 3.8) is 0 Å². The Kier molecular flexibility index (Phi) is 7.21. The van der Waals surface area contributed by atoms with Crippen LogP contribution in [0.25, 0.3) is 22.1 Å². The Hall–Kier alpha value is -3.92. The first-order valence-corrected chi connectivity index (χ1v) is 16.1. The van der Waals surface area contributed by atoms with Gasteiger partial charge in [-0.1, -0.05) is 61.7 Å². The number of carbonyl (C=O) groups excluding carboxylic acids is 1. The number of fused-ring (bicyclic) bond motifs is 1. The number of carbonyl (C=O) groups is 1. The van der Waals surface area contributed by atoms with Crippen LogP contribution in [0.3, 0.4) is 0 Å². The van der Waals surface area contributed by atoms with Crippen LogP contribution in [0.4, 0.5) is 5.82 Å². The van der Waals surface area contributed by atoms with Gasteiger partial charge in [-0.15, -0.1) is 0 Å². The van der Waals surface area contributed by atoms with E-state index in [-0.39, 0.29) is 16.6 Å². The highest BCUT2D eigenvalue weighted by Gasteiger charge is 2.49. The van der Waals surface area contributed by atoms with Gasteiger partial charge >= 0.3 is 0 Å². The lowest BCUT2D eigenvalue weighted by molar-refractivity contribution is -0.131. The number of amides is 1. The van der Waals surface area contributed by atoms with Crippen LogP contribution in [-0.4, -0.2) is 35.8 Å². The summed E-state index contributed by atoms with van der Waals surface area (Å²) in [6, 6.07) is 12.6. The molecule has 0 saturated heterocycles. The predicted octanol–water partition coefficient (Wildman–Crippen LogP) is 7.06. The predicted molar refractivity (Wildman–Crippen MR) is 162 cm³/mol. The van der Waals surface area contributed by atoms with Gasteiger partial charge in [-0.05, 0) is 57.7 Å². The Morgan fingerprint density at radius 3 is 2.52 bits per heavy atom. The fourth-order valence-corrected chi connectivity index (χ4v) is 7.42. The second-order valence-electron chi connectivity index (χ2n) is 11.4. The van der Waals surface area contributed by atoms with Crippen molar-refractivity contribution in [2.24, 2.45) is 4.99 Å². The van der Waals surface area contributed by atoms with Crippen LogP contribution in [0, 0.1) is 20.8 Å². The van der Waals surface area contributed by atoms with E-state index in [0.717, 1.165) is 61.7 Å². The van der Waals surface area contributed by atoms with Crippen LogP contribution in [0.1, 0.15) is 74.5 Å². The number of benzene rings is 2. The first-order valence-electron chi connectivity index (χ1n) is 14.6. The Bertz CT molecular complexity index is 1810. The third-order valence-corrected chi connectivity index (χ3v) is 9.96. The normalized spacial score (nSPS) is 16.6. The number of sulfonamides is 1. The molecule has 1 amide bonds. The average Bonchev–Trinajstić information content (AvgIpc) is 3.74. The summed E-state index contributed by atoms with van der Waals surface area (Å²) in [5, 5.41) is 4.72. The Morgan fingerprint density at radius 2 is 1.81 bits per heavy atom. The van der Waals surface area contributed by atoms with Crippen molar-refractivity contribution in [1.82, 2.24) is 10.1 Å². The maximum atomic E-state index is 13.8. The van der Waals surface area contributed by atoms with Gasteiger partial charge in [0.15, 0.2) is 5.82 Å². The van der Waals surface area contributed by atoms with E-state index in [2.05, 4.69) is 16.8 Å². The van der Waals surface area contributed by atoms with Gasteiger partial charge in [0.25, 0.3) is 15.9 Å². The van der Waals surface area contributed by atoms with Gasteiger partial charge < -0.3 is 8.94 Å². The number of amidine groups is 1. The Labute approximate surface area is 246 Å². The van der Waals surface area contributed by atoms with E-state index in [1.807, 2.05) is 30.0 Å². The van der Waals surface area contributed by atoms with Gasteiger partial charge in [0.2, 0.25) is 0 Å². The van der Waals surface area contributed by atoms with E-state index in [1.54, 1.807) is 38.1 Å². The number of aromatic nitrogens is 1. The van der Waals surface area contributed by atoms with Crippen molar-refractivity contribution < 1.29 is 22.2 Å². The van der Waals surface area contributed by atoms with Crippen LogP contribution in [0.15, 0.2) is 61.3 Å². The monoisotopic (exact) mass is 588 g/mol. The van der Waals surface area contributed by atoms with Crippen molar-refractivity contribution in [2.45, 2.75) is 89.6 Å². The molecule has 6 rings (SSSR count). The standard InChI is InChI=1S/C32H36N4O5S/c1-5-6-13-28-33-32(16-9-10-17-32)31(37)36(28)19-23-14-15-25(29-26(23)18-20(2)40-29)24-11-7-8-12-27(24)42(38,39)35-30-21(3)22(4)41-34-30/h7-8,11-12,14-15,18H,5-6,9-10,13,16-17,19H2,1-4H3,(H,34,35). The minimum Gasteiger partial charge on any atom is -0.461 e. The molecule has 1 aliphatic carbocycles. The minimum absolute atomic E-state index is 0.0973. The Balaban J connectivity index is 1.39. The molecular formula is C32H36N4O5S. The lowest BCUT2D eigenvalue weighted by Crippen LogP contribution is -2.40. The number of aryl methyl sites for hydroxylation is 2.